The Morgan fingerprint density at radius 2 is 1.95 bits per heavy atom. The van der Waals surface area contributed by atoms with E-state index in [1.54, 1.807) is 6.07 Å². The van der Waals surface area contributed by atoms with Gasteiger partial charge < -0.3 is 19.9 Å². The molecule has 0 bridgehead atoms. The highest BCUT2D eigenvalue weighted by Crippen LogP contribution is 2.30. The highest BCUT2D eigenvalue weighted by atomic mass is 16.5. The molecular weight excluding hydrogens is 286 g/mol. The Balaban J connectivity index is 1.97. The molecule has 0 unspecified atom stereocenters. The van der Waals surface area contributed by atoms with Crippen LogP contribution < -0.4 is 14.8 Å². The lowest BCUT2D eigenvalue weighted by atomic mass is 9.98. The zero-order chi connectivity index (χ0) is 16.2. The molecule has 1 fully saturated rings. The third kappa shape index (κ3) is 3.50. The quantitative estimate of drug-likeness (QED) is 0.838. The number of carbonyl (C=O) groups excluding carboxylic acids is 1. The number of hydrogen-bond acceptors (Lipinski definition) is 4. The van der Waals surface area contributed by atoms with E-state index in [1.165, 1.54) is 7.11 Å². The highest BCUT2D eigenvalue weighted by molar-refractivity contribution is 5.88. The fraction of sp³-hybridized carbons (Fsp3) is 0.500. The molecule has 0 heterocycles. The number of hydrogen-bond donors (Lipinski definition) is 2. The minimum absolute atomic E-state index is 0.242. The molecule has 6 heteroatoms. The first-order valence-corrected chi connectivity index (χ1v) is 7.29. The first kappa shape index (κ1) is 16.1. The minimum Gasteiger partial charge on any atom is -0.493 e. The van der Waals surface area contributed by atoms with Crippen LogP contribution >= 0.6 is 0 Å². The Hall–Kier alpha value is -2.24. The van der Waals surface area contributed by atoms with Crippen LogP contribution in [0.5, 0.6) is 11.5 Å². The molecule has 22 heavy (non-hydrogen) atoms. The normalized spacial score (nSPS) is 16.1. The number of carboxylic acid groups (broad SMARTS) is 1. The van der Waals surface area contributed by atoms with E-state index in [0.29, 0.717) is 24.3 Å². The van der Waals surface area contributed by atoms with Gasteiger partial charge in [0.2, 0.25) is 0 Å². The lowest BCUT2D eigenvalue weighted by molar-refractivity contribution is -0.147. The van der Waals surface area contributed by atoms with Crippen LogP contribution in [0.4, 0.5) is 0 Å². The summed E-state index contributed by atoms with van der Waals surface area (Å²) in [7, 11) is 1.53. The van der Waals surface area contributed by atoms with Gasteiger partial charge in [0.05, 0.1) is 7.11 Å². The van der Waals surface area contributed by atoms with E-state index in [9.17, 15) is 14.7 Å². The molecule has 1 aromatic carbocycles. The third-order valence-electron chi connectivity index (χ3n) is 3.92. The van der Waals surface area contributed by atoms with E-state index in [-0.39, 0.29) is 6.61 Å². The summed E-state index contributed by atoms with van der Waals surface area (Å²) in [5.41, 5.74) is -0.123. The van der Waals surface area contributed by atoms with Gasteiger partial charge in [0.15, 0.2) is 18.1 Å². The predicted octanol–water partition coefficient (Wildman–Crippen LogP) is 1.90. The maximum Gasteiger partial charge on any atom is 0.329 e. The number of carbonyl (C=O) groups is 2. The largest absolute Gasteiger partial charge is 0.493 e. The molecule has 0 spiro atoms. The second-order valence-electron chi connectivity index (χ2n) is 5.59. The molecule has 0 saturated heterocycles. The summed E-state index contributed by atoms with van der Waals surface area (Å²) in [6.45, 7) is 1.68. The zero-order valence-electron chi connectivity index (χ0n) is 12.8. The summed E-state index contributed by atoms with van der Waals surface area (Å²) >= 11 is 0. The van der Waals surface area contributed by atoms with E-state index >= 15 is 0 Å². The van der Waals surface area contributed by atoms with Crippen molar-refractivity contribution in [3.05, 3.63) is 23.8 Å². The number of rotatable bonds is 6. The summed E-state index contributed by atoms with van der Waals surface area (Å²) in [5.74, 6) is -0.418. The summed E-state index contributed by atoms with van der Waals surface area (Å²) in [5, 5.41) is 11.9. The van der Waals surface area contributed by atoms with Crippen LogP contribution in [0.1, 0.15) is 31.2 Å². The summed E-state index contributed by atoms with van der Waals surface area (Å²) in [6.07, 6.45) is 2.53. The maximum absolute atomic E-state index is 12.0. The van der Waals surface area contributed by atoms with Crippen molar-refractivity contribution in [3.8, 4) is 11.5 Å². The van der Waals surface area contributed by atoms with Gasteiger partial charge in [0.1, 0.15) is 5.54 Å². The molecule has 120 valence electrons. The van der Waals surface area contributed by atoms with Gasteiger partial charge >= 0.3 is 5.97 Å². The SMILES string of the molecule is COc1cc(C)ccc1OCC(=O)NC1(C(=O)O)CCCC1. The summed E-state index contributed by atoms with van der Waals surface area (Å²) < 4.78 is 10.6. The molecule has 6 nitrogen and oxygen atoms in total. The molecule has 1 aliphatic rings. The summed E-state index contributed by atoms with van der Waals surface area (Å²) in [4.78, 5) is 23.4. The number of amides is 1. The average molecular weight is 307 g/mol. The molecule has 0 aliphatic heterocycles. The Kier molecular flexibility index (Phi) is 4.90. The van der Waals surface area contributed by atoms with Gasteiger partial charge in [-0.15, -0.1) is 0 Å². The molecule has 1 saturated carbocycles. The van der Waals surface area contributed by atoms with E-state index in [1.807, 2.05) is 19.1 Å². The van der Waals surface area contributed by atoms with Crippen LogP contribution in [-0.4, -0.2) is 36.2 Å². The van der Waals surface area contributed by atoms with E-state index < -0.39 is 17.4 Å². The van der Waals surface area contributed by atoms with Crippen molar-refractivity contribution in [1.82, 2.24) is 5.32 Å². The molecular formula is C16H21NO5. The fourth-order valence-electron chi connectivity index (χ4n) is 2.71. The van der Waals surface area contributed by atoms with E-state index in [0.717, 1.165) is 18.4 Å². The van der Waals surface area contributed by atoms with Gasteiger partial charge in [0.25, 0.3) is 5.91 Å². The number of aliphatic carboxylic acids is 1. The van der Waals surface area contributed by atoms with Gasteiger partial charge in [-0.25, -0.2) is 4.79 Å². The Morgan fingerprint density at radius 1 is 1.27 bits per heavy atom. The fourth-order valence-corrected chi connectivity index (χ4v) is 2.71. The summed E-state index contributed by atoms with van der Waals surface area (Å²) in [6, 6.07) is 5.39. The molecule has 0 radical (unpaired) electrons. The lowest BCUT2D eigenvalue weighted by Gasteiger charge is -2.25. The van der Waals surface area contributed by atoms with Crippen molar-refractivity contribution >= 4 is 11.9 Å². The smallest absolute Gasteiger partial charge is 0.329 e. The van der Waals surface area contributed by atoms with Crippen molar-refractivity contribution in [3.63, 3.8) is 0 Å². The third-order valence-corrected chi connectivity index (χ3v) is 3.92. The Labute approximate surface area is 129 Å². The van der Waals surface area contributed by atoms with Crippen molar-refractivity contribution < 1.29 is 24.2 Å². The van der Waals surface area contributed by atoms with Gasteiger partial charge in [-0.05, 0) is 37.5 Å². The van der Waals surface area contributed by atoms with Crippen LogP contribution in [0.15, 0.2) is 18.2 Å². The van der Waals surface area contributed by atoms with E-state index in [4.69, 9.17) is 9.47 Å². The van der Waals surface area contributed by atoms with Gasteiger partial charge in [-0.1, -0.05) is 18.9 Å². The van der Waals surface area contributed by atoms with Crippen molar-refractivity contribution in [2.45, 2.75) is 38.1 Å². The van der Waals surface area contributed by atoms with Crippen molar-refractivity contribution in [2.75, 3.05) is 13.7 Å². The molecule has 0 atom stereocenters. The molecule has 2 N–H and O–H groups in total. The number of nitrogens with one attached hydrogen (secondary N) is 1. The number of aryl methyl sites for hydroxylation is 1. The number of ether oxygens (including phenoxy) is 2. The second kappa shape index (κ2) is 6.68. The molecule has 1 aromatic rings. The number of carboxylic acids is 1. The van der Waals surface area contributed by atoms with Gasteiger partial charge in [0, 0.05) is 0 Å². The molecule has 1 aliphatic carbocycles. The number of benzene rings is 1. The second-order valence-corrected chi connectivity index (χ2v) is 5.59. The molecule has 0 aromatic heterocycles. The van der Waals surface area contributed by atoms with Crippen LogP contribution in [0, 0.1) is 6.92 Å². The molecule has 1 amide bonds. The van der Waals surface area contributed by atoms with Gasteiger partial charge in [-0.2, -0.15) is 0 Å². The standard InChI is InChI=1S/C16H21NO5/c1-11-5-6-12(13(9-11)21-2)22-10-14(18)17-16(15(19)20)7-3-4-8-16/h5-6,9H,3-4,7-8,10H2,1-2H3,(H,17,18)(H,19,20). The van der Waals surface area contributed by atoms with Crippen LogP contribution in [0.3, 0.4) is 0 Å². The maximum atomic E-state index is 12.0. The Bertz CT molecular complexity index is 564. The van der Waals surface area contributed by atoms with Gasteiger partial charge in [-0.3, -0.25) is 4.79 Å². The Morgan fingerprint density at radius 3 is 2.55 bits per heavy atom. The van der Waals surface area contributed by atoms with Crippen LogP contribution in [-0.2, 0) is 9.59 Å². The predicted molar refractivity (Wildman–Crippen MR) is 80.2 cm³/mol. The van der Waals surface area contributed by atoms with Crippen molar-refractivity contribution in [1.29, 1.82) is 0 Å². The topological polar surface area (TPSA) is 84.9 Å². The minimum atomic E-state index is -1.14. The van der Waals surface area contributed by atoms with Crippen molar-refractivity contribution in [2.24, 2.45) is 0 Å². The monoisotopic (exact) mass is 307 g/mol. The van der Waals surface area contributed by atoms with Crippen LogP contribution in [0.25, 0.3) is 0 Å². The zero-order valence-corrected chi connectivity index (χ0v) is 12.8. The number of methoxy groups -OCH3 is 1. The molecule has 2 rings (SSSR count). The first-order valence-electron chi connectivity index (χ1n) is 7.29. The first-order chi connectivity index (χ1) is 10.5. The average Bonchev–Trinajstić information content (AvgIpc) is 2.95. The van der Waals surface area contributed by atoms with E-state index in [2.05, 4.69) is 5.32 Å². The lowest BCUT2D eigenvalue weighted by Crippen LogP contribution is -2.53. The highest BCUT2D eigenvalue weighted by Gasteiger charge is 2.42. The van der Waals surface area contributed by atoms with Crippen LogP contribution in [0.2, 0.25) is 0 Å².